The third-order valence-corrected chi connectivity index (χ3v) is 12.8. The summed E-state index contributed by atoms with van der Waals surface area (Å²) in [5.41, 5.74) is 0.614. The van der Waals surface area contributed by atoms with Gasteiger partial charge in [0.05, 0.1) is 11.8 Å². The van der Waals surface area contributed by atoms with Gasteiger partial charge in [0.1, 0.15) is 12.1 Å². The van der Waals surface area contributed by atoms with Crippen molar-refractivity contribution in [1.82, 2.24) is 30.5 Å². The van der Waals surface area contributed by atoms with Crippen LogP contribution in [0.25, 0.3) is 0 Å². The van der Waals surface area contributed by atoms with Gasteiger partial charge in [-0.25, -0.2) is 13.2 Å². The number of likely N-dealkylation sites (N-methyl/N-ethyl adjacent to an activating group) is 1. The summed E-state index contributed by atoms with van der Waals surface area (Å²) >= 11 is 0. The molecule has 2 saturated carbocycles. The molecule has 5 amide bonds. The van der Waals surface area contributed by atoms with E-state index in [2.05, 4.69) is 21.3 Å². The van der Waals surface area contributed by atoms with E-state index in [1.165, 1.54) is 11.4 Å². The van der Waals surface area contributed by atoms with E-state index in [4.69, 9.17) is 0 Å². The minimum atomic E-state index is -3.38. The van der Waals surface area contributed by atoms with E-state index < -0.39 is 63.2 Å². The summed E-state index contributed by atoms with van der Waals surface area (Å²) in [6, 6.07) is -3.82. The van der Waals surface area contributed by atoms with Crippen molar-refractivity contribution in [1.29, 1.82) is 0 Å². The smallest absolute Gasteiger partial charge is 0.315 e. The summed E-state index contributed by atoms with van der Waals surface area (Å²) in [7, 11) is -2.00. The van der Waals surface area contributed by atoms with Crippen LogP contribution in [0, 0.1) is 23.2 Å². The molecule has 5 atom stereocenters. The zero-order valence-electron chi connectivity index (χ0n) is 30.9. The molecule has 4 rings (SSSR count). The van der Waals surface area contributed by atoms with Crippen molar-refractivity contribution in [3.63, 3.8) is 0 Å². The van der Waals surface area contributed by atoms with Crippen molar-refractivity contribution < 1.29 is 32.4 Å². The second-order valence-electron chi connectivity index (χ2n) is 16.2. The fourth-order valence-electron chi connectivity index (χ4n) is 7.55. The number of sulfonamides is 1. The van der Waals surface area contributed by atoms with Gasteiger partial charge in [-0.2, -0.15) is 4.31 Å². The van der Waals surface area contributed by atoms with Gasteiger partial charge in [0, 0.05) is 32.7 Å². The Morgan fingerprint density at radius 3 is 2.12 bits per heavy atom. The van der Waals surface area contributed by atoms with Crippen molar-refractivity contribution in [2.45, 2.75) is 129 Å². The Morgan fingerprint density at radius 1 is 0.880 bits per heavy atom. The lowest BCUT2D eigenvalue weighted by Gasteiger charge is -2.37. The normalized spacial score (nSPS) is 24.5. The first-order valence-corrected chi connectivity index (χ1v) is 20.2. The minimum absolute atomic E-state index is 0.0921. The van der Waals surface area contributed by atoms with Gasteiger partial charge < -0.3 is 26.2 Å². The SMILES string of the molecule is CNC(=O)C(=O)C(CC1CC1)NC(=O)[C@@H]1C(CC=C(C)C)CCN1C(=O)[C@@H](NC(=O)NC(CN1CCCS1(=O)=O)C(C)(C)C)C1CCCCC1. The van der Waals surface area contributed by atoms with Gasteiger partial charge in [-0.15, -0.1) is 0 Å². The van der Waals surface area contributed by atoms with E-state index in [-0.39, 0.29) is 36.0 Å². The van der Waals surface area contributed by atoms with Crippen molar-refractivity contribution in [3.05, 3.63) is 11.6 Å². The average Bonchev–Trinajstić information content (AvgIpc) is 3.67. The van der Waals surface area contributed by atoms with Crippen LogP contribution in [0.3, 0.4) is 0 Å². The number of carbonyl (C=O) groups excluding carboxylic acids is 5. The van der Waals surface area contributed by atoms with Crippen LogP contribution in [0.5, 0.6) is 0 Å². The maximum Gasteiger partial charge on any atom is 0.315 e. The molecule has 14 heteroatoms. The Morgan fingerprint density at radius 2 is 1.56 bits per heavy atom. The van der Waals surface area contributed by atoms with E-state index in [1.54, 1.807) is 4.90 Å². The molecule has 2 aliphatic carbocycles. The Balaban J connectivity index is 1.58. The Kier molecular flexibility index (Phi) is 13.5. The lowest BCUT2D eigenvalue weighted by Crippen LogP contribution is -2.61. The molecule has 2 saturated heterocycles. The summed E-state index contributed by atoms with van der Waals surface area (Å²) in [6.07, 6.45) is 10.4. The highest BCUT2D eigenvalue weighted by Gasteiger charge is 2.47. The van der Waals surface area contributed by atoms with Gasteiger partial charge in [0.25, 0.3) is 5.91 Å². The second kappa shape index (κ2) is 17.0. The van der Waals surface area contributed by atoms with Gasteiger partial charge in [0.15, 0.2) is 0 Å². The van der Waals surface area contributed by atoms with Crippen molar-refractivity contribution in [2.75, 3.05) is 32.4 Å². The standard InChI is InChI=1S/C36H60N6O7S/c1-23(2)13-16-26-17-19-42(30(26)32(44)38-27(21-24-14-15-24)31(43)33(45)37-6)34(46)29(25-11-8-7-9-12-25)40-35(47)39-28(36(3,4)5)22-41-18-10-20-50(41,48)49/h13,24-30H,7-12,14-22H2,1-6H3,(H,37,45)(H,38,44)(H2,39,40,47)/t26?,27?,28?,29-,30-/m0/s1. The van der Waals surface area contributed by atoms with Crippen LogP contribution in [0.4, 0.5) is 4.79 Å². The molecule has 0 spiro atoms. The molecular formula is C36H60N6O7S. The van der Waals surface area contributed by atoms with E-state index >= 15 is 0 Å². The topological polar surface area (TPSA) is 174 Å². The predicted molar refractivity (Wildman–Crippen MR) is 191 cm³/mol. The second-order valence-corrected chi connectivity index (χ2v) is 18.3. The van der Waals surface area contributed by atoms with Crippen molar-refractivity contribution >= 4 is 39.6 Å². The zero-order chi connectivity index (χ0) is 36.8. The van der Waals surface area contributed by atoms with Gasteiger partial charge in [-0.3, -0.25) is 19.2 Å². The molecule has 0 bridgehead atoms. The Hall–Kier alpha value is -3.00. The third-order valence-electron chi connectivity index (χ3n) is 10.9. The predicted octanol–water partition coefficient (Wildman–Crippen LogP) is 2.86. The quantitative estimate of drug-likeness (QED) is 0.158. The average molecular weight is 721 g/mol. The van der Waals surface area contributed by atoms with Crippen LogP contribution in [0.2, 0.25) is 0 Å². The molecule has 13 nitrogen and oxygen atoms in total. The van der Waals surface area contributed by atoms with Gasteiger partial charge in [0.2, 0.25) is 27.6 Å². The maximum atomic E-state index is 14.7. The number of hydrogen-bond acceptors (Lipinski definition) is 7. The van der Waals surface area contributed by atoms with E-state index in [1.807, 2.05) is 40.7 Å². The molecule has 0 radical (unpaired) electrons. The summed E-state index contributed by atoms with van der Waals surface area (Å²) in [5, 5.41) is 11.2. The van der Waals surface area contributed by atoms with Crippen molar-refractivity contribution in [3.8, 4) is 0 Å². The highest BCUT2D eigenvalue weighted by Crippen LogP contribution is 2.35. The van der Waals surface area contributed by atoms with E-state index in [0.717, 1.165) is 50.5 Å². The molecule has 0 aromatic rings. The number of allylic oxidation sites excluding steroid dienone is 2. The van der Waals surface area contributed by atoms with Crippen LogP contribution in [0.15, 0.2) is 11.6 Å². The lowest BCUT2D eigenvalue weighted by molar-refractivity contribution is -0.144. The van der Waals surface area contributed by atoms with Crippen LogP contribution < -0.4 is 21.3 Å². The highest BCUT2D eigenvalue weighted by molar-refractivity contribution is 7.89. The van der Waals surface area contributed by atoms with Crippen LogP contribution in [-0.4, -0.2) is 104 Å². The number of hydrogen-bond donors (Lipinski definition) is 4. The van der Waals surface area contributed by atoms with Crippen LogP contribution in [0.1, 0.15) is 105 Å². The molecule has 3 unspecified atom stereocenters. The number of rotatable bonds is 14. The molecule has 2 heterocycles. The summed E-state index contributed by atoms with van der Waals surface area (Å²) in [6.45, 7) is 10.6. The molecule has 4 N–H and O–H groups in total. The number of likely N-dealkylation sites (tertiary alicyclic amines) is 1. The molecule has 4 fully saturated rings. The number of urea groups is 1. The Bertz CT molecular complexity index is 1400. The molecule has 0 aromatic carbocycles. The summed E-state index contributed by atoms with van der Waals surface area (Å²) in [5.74, 6) is -2.24. The summed E-state index contributed by atoms with van der Waals surface area (Å²) < 4.78 is 26.6. The summed E-state index contributed by atoms with van der Waals surface area (Å²) in [4.78, 5) is 69.5. The largest absolute Gasteiger partial charge is 0.353 e. The van der Waals surface area contributed by atoms with Gasteiger partial charge >= 0.3 is 6.03 Å². The molecule has 0 aromatic heterocycles. The lowest BCUT2D eigenvalue weighted by atomic mass is 9.83. The van der Waals surface area contributed by atoms with E-state index in [9.17, 15) is 32.4 Å². The number of Topliss-reactive ketones (excluding diaryl/α,β-unsaturated/α-hetero) is 1. The first-order chi connectivity index (χ1) is 23.5. The fraction of sp³-hybridized carbons (Fsp3) is 0.806. The maximum absolute atomic E-state index is 14.7. The monoisotopic (exact) mass is 720 g/mol. The first-order valence-electron chi connectivity index (χ1n) is 18.6. The van der Waals surface area contributed by atoms with Gasteiger partial charge in [-0.1, -0.05) is 64.5 Å². The van der Waals surface area contributed by atoms with Gasteiger partial charge in [-0.05, 0) is 75.5 Å². The number of amides is 5. The number of ketones is 1. The Labute approximate surface area is 298 Å². The fourth-order valence-corrected chi connectivity index (χ4v) is 9.09. The van der Waals surface area contributed by atoms with Crippen LogP contribution >= 0.6 is 0 Å². The number of carbonyl (C=O) groups is 5. The zero-order valence-corrected chi connectivity index (χ0v) is 31.7. The molecular weight excluding hydrogens is 660 g/mol. The minimum Gasteiger partial charge on any atom is -0.353 e. The van der Waals surface area contributed by atoms with Crippen molar-refractivity contribution in [2.24, 2.45) is 23.2 Å². The number of nitrogens with one attached hydrogen (secondary N) is 4. The molecule has 50 heavy (non-hydrogen) atoms. The van der Waals surface area contributed by atoms with Crippen LogP contribution in [-0.2, 0) is 29.2 Å². The molecule has 4 aliphatic rings. The highest BCUT2D eigenvalue weighted by atomic mass is 32.2. The molecule has 282 valence electrons. The number of nitrogens with zero attached hydrogens (tertiary/aromatic N) is 2. The third kappa shape index (κ3) is 10.5. The molecule has 2 aliphatic heterocycles. The van der Waals surface area contributed by atoms with E-state index in [0.29, 0.717) is 38.8 Å². The first kappa shape index (κ1) is 39.8.